The smallest absolute Gasteiger partial charge is 0.346 e. The number of carbonyl (C=O) groups is 2. The summed E-state index contributed by atoms with van der Waals surface area (Å²) in [5, 5.41) is 0. The first-order chi connectivity index (χ1) is 9.20. The van der Waals surface area contributed by atoms with Crippen molar-refractivity contribution < 1.29 is 14.3 Å². The van der Waals surface area contributed by atoms with Crippen LogP contribution in [-0.2, 0) is 4.74 Å². The van der Waals surface area contributed by atoms with Gasteiger partial charge in [0, 0.05) is 4.90 Å². The van der Waals surface area contributed by atoms with Crippen molar-refractivity contribution in [2.75, 3.05) is 6.26 Å². The standard InChI is InChI=1S/C15H12O3S/c1-19-13-9-7-12(8-10-13)15(17)18-14(16)11-5-3-2-4-6-11/h2-10H,1H3. The number of benzene rings is 2. The zero-order chi connectivity index (χ0) is 13.7. The summed E-state index contributed by atoms with van der Waals surface area (Å²) in [5.41, 5.74) is 0.721. The van der Waals surface area contributed by atoms with Crippen LogP contribution in [0.1, 0.15) is 20.7 Å². The van der Waals surface area contributed by atoms with Crippen LogP contribution in [-0.4, -0.2) is 18.2 Å². The molecule has 2 rings (SSSR count). The lowest BCUT2D eigenvalue weighted by atomic mass is 10.2. The lowest BCUT2D eigenvalue weighted by Crippen LogP contribution is -2.12. The molecule has 0 N–H and O–H groups in total. The number of rotatable bonds is 3. The molecular weight excluding hydrogens is 260 g/mol. The fraction of sp³-hybridized carbons (Fsp3) is 0.0667. The van der Waals surface area contributed by atoms with Crippen molar-refractivity contribution in [1.29, 1.82) is 0 Å². The lowest BCUT2D eigenvalue weighted by molar-refractivity contribution is 0.0398. The van der Waals surface area contributed by atoms with Gasteiger partial charge < -0.3 is 4.74 Å². The van der Waals surface area contributed by atoms with Gasteiger partial charge in [-0.1, -0.05) is 18.2 Å². The SMILES string of the molecule is CSc1ccc(C(=O)OC(=O)c2ccccc2)cc1. The van der Waals surface area contributed by atoms with E-state index >= 15 is 0 Å². The molecule has 0 saturated carbocycles. The van der Waals surface area contributed by atoms with E-state index in [-0.39, 0.29) is 0 Å². The third kappa shape index (κ3) is 3.45. The minimum Gasteiger partial charge on any atom is -0.386 e. The molecule has 0 heterocycles. The Morgan fingerprint density at radius 1 is 0.842 bits per heavy atom. The van der Waals surface area contributed by atoms with E-state index in [1.165, 1.54) is 0 Å². The van der Waals surface area contributed by atoms with Gasteiger partial charge in [0.2, 0.25) is 0 Å². The zero-order valence-corrected chi connectivity index (χ0v) is 11.1. The molecule has 0 bridgehead atoms. The molecule has 2 aromatic rings. The Bertz CT molecular complexity index is 576. The molecule has 0 aliphatic heterocycles. The maximum atomic E-state index is 11.8. The normalized spacial score (nSPS) is 9.95. The monoisotopic (exact) mass is 272 g/mol. The van der Waals surface area contributed by atoms with E-state index in [2.05, 4.69) is 0 Å². The quantitative estimate of drug-likeness (QED) is 0.488. The minimum atomic E-state index is -0.639. The second-order valence-electron chi connectivity index (χ2n) is 3.77. The van der Waals surface area contributed by atoms with E-state index in [1.54, 1.807) is 54.2 Å². The van der Waals surface area contributed by atoms with Crippen LogP contribution < -0.4 is 0 Å². The average molecular weight is 272 g/mol. The molecule has 0 atom stereocenters. The van der Waals surface area contributed by atoms with Crippen molar-refractivity contribution in [2.24, 2.45) is 0 Å². The lowest BCUT2D eigenvalue weighted by Gasteiger charge is -2.03. The summed E-state index contributed by atoms with van der Waals surface area (Å²) in [6, 6.07) is 15.3. The zero-order valence-electron chi connectivity index (χ0n) is 10.3. The van der Waals surface area contributed by atoms with Gasteiger partial charge in [0.1, 0.15) is 0 Å². The molecule has 0 aliphatic carbocycles. The average Bonchev–Trinajstić information content (AvgIpc) is 2.48. The molecule has 0 spiro atoms. The highest BCUT2D eigenvalue weighted by Gasteiger charge is 2.14. The first-order valence-corrected chi connectivity index (χ1v) is 6.89. The van der Waals surface area contributed by atoms with Crippen LogP contribution in [0.15, 0.2) is 59.5 Å². The Morgan fingerprint density at radius 2 is 1.37 bits per heavy atom. The molecule has 0 saturated heterocycles. The molecular formula is C15H12O3S. The Morgan fingerprint density at radius 3 is 1.89 bits per heavy atom. The molecule has 2 aromatic carbocycles. The third-order valence-corrected chi connectivity index (χ3v) is 3.26. The van der Waals surface area contributed by atoms with E-state index in [1.807, 2.05) is 18.4 Å². The summed E-state index contributed by atoms with van der Waals surface area (Å²) in [5.74, 6) is -1.28. The number of thioether (sulfide) groups is 1. The van der Waals surface area contributed by atoms with Gasteiger partial charge in [-0.05, 0) is 42.7 Å². The van der Waals surface area contributed by atoms with Gasteiger partial charge in [0.15, 0.2) is 0 Å². The van der Waals surface area contributed by atoms with Crippen molar-refractivity contribution in [3.63, 3.8) is 0 Å². The van der Waals surface area contributed by atoms with E-state index in [0.29, 0.717) is 11.1 Å². The number of ether oxygens (including phenoxy) is 1. The highest BCUT2D eigenvalue weighted by molar-refractivity contribution is 7.98. The van der Waals surface area contributed by atoms with Crippen LogP contribution in [0, 0.1) is 0 Å². The van der Waals surface area contributed by atoms with E-state index in [9.17, 15) is 9.59 Å². The Hall–Kier alpha value is -2.07. The van der Waals surface area contributed by atoms with E-state index in [0.717, 1.165) is 4.90 Å². The first kappa shape index (κ1) is 13.4. The molecule has 3 nitrogen and oxygen atoms in total. The van der Waals surface area contributed by atoms with Crippen molar-refractivity contribution in [3.8, 4) is 0 Å². The maximum Gasteiger partial charge on any atom is 0.346 e. The minimum absolute atomic E-state index is 0.358. The number of carbonyl (C=O) groups excluding carboxylic acids is 2. The van der Waals surface area contributed by atoms with Crippen LogP contribution >= 0.6 is 11.8 Å². The molecule has 19 heavy (non-hydrogen) atoms. The van der Waals surface area contributed by atoms with Crippen molar-refractivity contribution >= 4 is 23.7 Å². The summed E-state index contributed by atoms with van der Waals surface area (Å²) >= 11 is 1.58. The van der Waals surface area contributed by atoms with Gasteiger partial charge in [-0.2, -0.15) is 0 Å². The summed E-state index contributed by atoms with van der Waals surface area (Å²) < 4.78 is 4.81. The van der Waals surface area contributed by atoms with Crippen LogP contribution in [0.25, 0.3) is 0 Å². The van der Waals surface area contributed by atoms with Crippen molar-refractivity contribution in [1.82, 2.24) is 0 Å². The van der Waals surface area contributed by atoms with E-state index in [4.69, 9.17) is 4.74 Å². The Balaban J connectivity index is 2.06. The maximum absolute atomic E-state index is 11.8. The molecule has 0 aromatic heterocycles. The Kier molecular flexibility index (Phi) is 4.36. The van der Waals surface area contributed by atoms with Crippen LogP contribution in [0.3, 0.4) is 0 Å². The number of hydrogen-bond acceptors (Lipinski definition) is 4. The summed E-state index contributed by atoms with van der Waals surface area (Å²) in [7, 11) is 0. The number of esters is 2. The third-order valence-electron chi connectivity index (χ3n) is 2.52. The molecule has 0 amide bonds. The highest BCUT2D eigenvalue weighted by atomic mass is 32.2. The predicted octanol–water partition coefficient (Wildman–Crippen LogP) is 3.41. The second-order valence-corrected chi connectivity index (χ2v) is 4.65. The number of hydrogen-bond donors (Lipinski definition) is 0. The second kappa shape index (κ2) is 6.20. The van der Waals surface area contributed by atoms with Crippen LogP contribution in [0.4, 0.5) is 0 Å². The van der Waals surface area contributed by atoms with Gasteiger partial charge in [-0.15, -0.1) is 11.8 Å². The van der Waals surface area contributed by atoms with Crippen LogP contribution in [0.2, 0.25) is 0 Å². The predicted molar refractivity (Wildman–Crippen MR) is 74.4 cm³/mol. The van der Waals surface area contributed by atoms with Crippen LogP contribution in [0.5, 0.6) is 0 Å². The summed E-state index contributed by atoms with van der Waals surface area (Å²) in [4.78, 5) is 24.5. The highest BCUT2D eigenvalue weighted by Crippen LogP contribution is 2.15. The largest absolute Gasteiger partial charge is 0.386 e. The first-order valence-electron chi connectivity index (χ1n) is 5.66. The van der Waals surface area contributed by atoms with E-state index < -0.39 is 11.9 Å². The fourth-order valence-corrected chi connectivity index (χ4v) is 1.91. The van der Waals surface area contributed by atoms with Crippen molar-refractivity contribution in [2.45, 2.75) is 4.90 Å². The molecule has 0 aliphatic rings. The van der Waals surface area contributed by atoms with Gasteiger partial charge in [-0.3, -0.25) is 0 Å². The van der Waals surface area contributed by atoms with Gasteiger partial charge in [0.25, 0.3) is 0 Å². The summed E-state index contributed by atoms with van der Waals surface area (Å²) in [6.45, 7) is 0. The topological polar surface area (TPSA) is 43.4 Å². The summed E-state index contributed by atoms with van der Waals surface area (Å²) in [6.07, 6.45) is 1.95. The molecule has 0 fully saturated rings. The van der Waals surface area contributed by atoms with Gasteiger partial charge >= 0.3 is 11.9 Å². The Labute approximate surface area is 115 Å². The van der Waals surface area contributed by atoms with Crippen molar-refractivity contribution in [3.05, 3.63) is 65.7 Å². The molecule has 0 unspecified atom stereocenters. The molecule has 96 valence electrons. The van der Waals surface area contributed by atoms with Gasteiger partial charge in [0.05, 0.1) is 11.1 Å². The van der Waals surface area contributed by atoms with Gasteiger partial charge in [-0.25, -0.2) is 9.59 Å². The molecule has 4 heteroatoms. The fourth-order valence-electron chi connectivity index (χ4n) is 1.50. The molecule has 0 radical (unpaired) electrons.